The van der Waals surface area contributed by atoms with Crippen molar-refractivity contribution in [2.45, 2.75) is 353 Å². The van der Waals surface area contributed by atoms with Crippen LogP contribution in [0.3, 0.4) is 0 Å². The number of aliphatic hydroxyl groups excluding tert-OH is 2. The number of hydrogen-bond donors (Lipinski definition) is 3. The number of rotatable bonds is 54. The van der Waals surface area contributed by atoms with Crippen molar-refractivity contribution in [3.05, 3.63) is 0 Å². The molecule has 0 aromatic heterocycles. The number of esters is 3. The zero-order valence-corrected chi connectivity index (χ0v) is 47.4. The highest BCUT2D eigenvalue weighted by Gasteiger charge is 2.50. The minimum atomic E-state index is -1.89. The number of hydrogen-bond acceptors (Lipinski definition) is 11. The smallest absolute Gasteiger partial charge is 0.335 e. The largest absolute Gasteiger partial charge is 0.479 e. The van der Waals surface area contributed by atoms with Crippen molar-refractivity contribution < 1.29 is 58.2 Å². The molecule has 1 aliphatic rings. The molecule has 6 unspecified atom stereocenters. The summed E-state index contributed by atoms with van der Waals surface area (Å²) in [7, 11) is 0. The topological polar surface area (TPSA) is 175 Å². The third-order valence-electron chi connectivity index (χ3n) is 14.7. The maximum absolute atomic E-state index is 13.1. The van der Waals surface area contributed by atoms with Crippen molar-refractivity contribution in [1.82, 2.24) is 0 Å². The van der Waals surface area contributed by atoms with E-state index in [4.69, 9.17) is 23.7 Å². The van der Waals surface area contributed by atoms with Gasteiger partial charge in [0.1, 0.15) is 18.8 Å². The summed E-state index contributed by atoms with van der Waals surface area (Å²) in [6.07, 6.45) is 42.2. The fraction of sp³-hybridized carbons (Fsp3) is 0.934. The summed E-state index contributed by atoms with van der Waals surface area (Å²) in [5, 5.41) is 31.5. The molecule has 3 N–H and O–H groups in total. The fourth-order valence-corrected chi connectivity index (χ4v) is 9.90. The highest BCUT2D eigenvalue weighted by molar-refractivity contribution is 5.74. The van der Waals surface area contributed by atoms with Gasteiger partial charge in [0.25, 0.3) is 0 Å². The maximum atomic E-state index is 13.1. The van der Waals surface area contributed by atoms with Gasteiger partial charge in [-0.25, -0.2) is 4.79 Å². The average molecular weight is 1040 g/mol. The number of carbonyl (C=O) groups is 4. The second-order valence-electron chi connectivity index (χ2n) is 21.7. The first-order valence-electron chi connectivity index (χ1n) is 31.0. The number of aliphatic carboxylic acids is 1. The van der Waals surface area contributed by atoms with Crippen LogP contribution in [-0.4, -0.2) is 89.2 Å². The van der Waals surface area contributed by atoms with Crippen LogP contribution in [0.2, 0.25) is 0 Å². The lowest BCUT2D eigenvalue weighted by Crippen LogP contribution is -2.61. The molecule has 0 aromatic rings. The van der Waals surface area contributed by atoms with Crippen molar-refractivity contribution >= 4 is 23.9 Å². The van der Waals surface area contributed by atoms with Gasteiger partial charge in [-0.2, -0.15) is 0 Å². The Kier molecular flexibility index (Phi) is 47.6. The van der Waals surface area contributed by atoms with Crippen LogP contribution in [0.5, 0.6) is 0 Å². The summed E-state index contributed by atoms with van der Waals surface area (Å²) >= 11 is 0. The third-order valence-corrected chi connectivity index (χ3v) is 14.7. The van der Waals surface area contributed by atoms with Crippen LogP contribution < -0.4 is 0 Å². The molecule has 1 heterocycles. The molecule has 1 aliphatic heterocycles. The first kappa shape index (κ1) is 68.7. The molecule has 0 spiro atoms. The molecule has 1 fully saturated rings. The predicted molar refractivity (Wildman–Crippen MR) is 294 cm³/mol. The van der Waals surface area contributed by atoms with E-state index in [1.165, 1.54) is 199 Å². The van der Waals surface area contributed by atoms with E-state index in [2.05, 4.69) is 20.8 Å². The van der Waals surface area contributed by atoms with Gasteiger partial charge in [0, 0.05) is 19.3 Å². The van der Waals surface area contributed by atoms with Crippen LogP contribution in [0.15, 0.2) is 0 Å². The van der Waals surface area contributed by atoms with Gasteiger partial charge in [0.05, 0.1) is 6.61 Å². The number of aliphatic hydroxyl groups is 2. The quantitative estimate of drug-likeness (QED) is 0.0299. The van der Waals surface area contributed by atoms with Crippen molar-refractivity contribution in [3.63, 3.8) is 0 Å². The molecule has 0 saturated carbocycles. The Morgan fingerprint density at radius 3 is 1.03 bits per heavy atom. The van der Waals surface area contributed by atoms with Gasteiger partial charge in [-0.1, -0.05) is 278 Å². The minimum absolute atomic E-state index is 0.0703. The lowest BCUT2D eigenvalue weighted by molar-refractivity contribution is -0.301. The van der Waals surface area contributed by atoms with E-state index in [-0.39, 0.29) is 25.9 Å². The molecule has 12 heteroatoms. The number of carboxylic acid groups (broad SMARTS) is 1. The monoisotopic (exact) mass is 1040 g/mol. The van der Waals surface area contributed by atoms with Crippen LogP contribution in [0.1, 0.15) is 316 Å². The van der Waals surface area contributed by atoms with E-state index in [0.29, 0.717) is 19.3 Å². The van der Waals surface area contributed by atoms with E-state index in [1.54, 1.807) is 0 Å². The zero-order valence-electron chi connectivity index (χ0n) is 47.4. The molecule has 6 atom stereocenters. The normalized spacial score (nSPS) is 18.2. The van der Waals surface area contributed by atoms with E-state index >= 15 is 0 Å². The Morgan fingerprint density at radius 2 is 0.699 bits per heavy atom. The highest BCUT2D eigenvalue weighted by atomic mass is 16.7. The van der Waals surface area contributed by atoms with Gasteiger partial charge in [-0.3, -0.25) is 14.4 Å². The molecule has 0 amide bonds. The van der Waals surface area contributed by atoms with Gasteiger partial charge in [0.2, 0.25) is 0 Å². The second-order valence-corrected chi connectivity index (χ2v) is 21.7. The molecule has 430 valence electrons. The molecule has 0 aromatic carbocycles. The van der Waals surface area contributed by atoms with E-state index < -0.39 is 67.3 Å². The zero-order chi connectivity index (χ0) is 53.3. The SMILES string of the molecule is CCCCCCCCCCCCCCCCCCCCCC(=O)OCC(COC1OC(C(=O)O)C(O)C(O)C1OC(=O)CCCCCCCCCCCCCCC)OC(=O)CCCCCCCCCCCCC. The summed E-state index contributed by atoms with van der Waals surface area (Å²) in [6.45, 7) is 6.03. The lowest BCUT2D eigenvalue weighted by atomic mass is 9.98. The summed E-state index contributed by atoms with van der Waals surface area (Å²) in [6, 6.07) is 0. The summed E-state index contributed by atoms with van der Waals surface area (Å²) in [5.74, 6) is -3.07. The number of unbranched alkanes of at least 4 members (excludes halogenated alkanes) is 40. The molecule has 0 bridgehead atoms. The van der Waals surface area contributed by atoms with Gasteiger partial charge < -0.3 is 39.0 Å². The standard InChI is InChI=1S/C61H114O12/c1-4-7-10-13-16-19-22-24-25-26-27-28-29-31-33-35-38-41-44-47-53(62)69-50-52(71-54(63)48-45-42-39-36-32-21-18-15-12-9-6-3)51-70-61-59(57(66)56(65)58(73-61)60(67)68)72-55(64)49-46-43-40-37-34-30-23-20-17-14-11-8-5-2/h52,56-59,61,65-66H,4-51H2,1-3H3,(H,67,68). The second kappa shape index (κ2) is 50.5. The van der Waals surface area contributed by atoms with E-state index in [9.17, 15) is 34.5 Å². The van der Waals surface area contributed by atoms with Crippen molar-refractivity contribution in [3.8, 4) is 0 Å². The predicted octanol–water partition coefficient (Wildman–Crippen LogP) is 15.9. The van der Waals surface area contributed by atoms with Crippen LogP contribution in [0, 0.1) is 0 Å². The molecular formula is C61H114O12. The number of carboxylic acids is 1. The molecular weight excluding hydrogens is 925 g/mol. The number of carbonyl (C=O) groups excluding carboxylic acids is 3. The molecule has 12 nitrogen and oxygen atoms in total. The Labute approximate surface area is 446 Å². The van der Waals surface area contributed by atoms with E-state index in [0.717, 1.165) is 57.8 Å². The van der Waals surface area contributed by atoms with Crippen molar-refractivity contribution in [2.75, 3.05) is 13.2 Å². The van der Waals surface area contributed by atoms with Crippen LogP contribution >= 0.6 is 0 Å². The molecule has 1 saturated heterocycles. The lowest BCUT2D eigenvalue weighted by Gasteiger charge is -2.40. The van der Waals surface area contributed by atoms with Gasteiger partial charge in [0.15, 0.2) is 24.6 Å². The van der Waals surface area contributed by atoms with Crippen molar-refractivity contribution in [2.24, 2.45) is 0 Å². The first-order chi connectivity index (χ1) is 35.6. The Morgan fingerprint density at radius 1 is 0.397 bits per heavy atom. The van der Waals surface area contributed by atoms with Crippen molar-refractivity contribution in [1.29, 1.82) is 0 Å². The third kappa shape index (κ3) is 40.6. The van der Waals surface area contributed by atoms with E-state index in [1.807, 2.05) is 0 Å². The van der Waals surface area contributed by atoms with Gasteiger partial charge in [-0.05, 0) is 19.3 Å². The molecule has 0 aliphatic carbocycles. The molecule has 0 radical (unpaired) electrons. The summed E-state index contributed by atoms with van der Waals surface area (Å²) < 4.78 is 28.5. The van der Waals surface area contributed by atoms with Gasteiger partial charge >= 0.3 is 23.9 Å². The average Bonchev–Trinajstić information content (AvgIpc) is 3.37. The first-order valence-corrected chi connectivity index (χ1v) is 31.0. The fourth-order valence-electron chi connectivity index (χ4n) is 9.90. The summed E-state index contributed by atoms with van der Waals surface area (Å²) in [4.78, 5) is 51.1. The van der Waals surface area contributed by atoms with Gasteiger partial charge in [-0.15, -0.1) is 0 Å². The highest BCUT2D eigenvalue weighted by Crippen LogP contribution is 2.27. The molecule has 73 heavy (non-hydrogen) atoms. The number of ether oxygens (including phenoxy) is 5. The minimum Gasteiger partial charge on any atom is -0.479 e. The Balaban J connectivity index is 2.61. The maximum Gasteiger partial charge on any atom is 0.335 e. The van der Waals surface area contributed by atoms with Crippen LogP contribution in [0.4, 0.5) is 0 Å². The Bertz CT molecular complexity index is 1280. The van der Waals surface area contributed by atoms with Crippen LogP contribution in [-0.2, 0) is 42.9 Å². The summed E-state index contributed by atoms with van der Waals surface area (Å²) in [5.41, 5.74) is 0. The van der Waals surface area contributed by atoms with Crippen LogP contribution in [0.25, 0.3) is 0 Å². The molecule has 1 rings (SSSR count). The Hall–Kier alpha value is -2.28.